The maximum absolute atomic E-state index is 13.6. The maximum Gasteiger partial charge on any atom is 0.187 e. The Labute approximate surface area is 166 Å². The van der Waals surface area contributed by atoms with Gasteiger partial charge in [-0.25, -0.2) is 0 Å². The van der Waals surface area contributed by atoms with Gasteiger partial charge in [0, 0.05) is 11.1 Å². The van der Waals surface area contributed by atoms with Gasteiger partial charge in [0.05, 0.1) is 39.6 Å². The highest BCUT2D eigenvalue weighted by molar-refractivity contribution is 6.27. The highest BCUT2D eigenvalue weighted by Crippen LogP contribution is 2.64. The molecule has 0 heterocycles. The van der Waals surface area contributed by atoms with Crippen molar-refractivity contribution in [2.24, 2.45) is 5.41 Å². The van der Waals surface area contributed by atoms with Crippen LogP contribution in [0.3, 0.4) is 0 Å². The third-order valence-corrected chi connectivity index (χ3v) is 5.83. The number of rotatable bonds is 4. The second-order valence-electron chi connectivity index (χ2n) is 6.85. The third kappa shape index (κ3) is 2.10. The summed E-state index contributed by atoms with van der Waals surface area (Å²) in [7, 11) is 5.52. The molecule has 1 spiro atoms. The van der Waals surface area contributed by atoms with Crippen LogP contribution in [-0.4, -0.2) is 50.2 Å². The van der Waals surface area contributed by atoms with Gasteiger partial charge in [0.15, 0.2) is 17.0 Å². The van der Waals surface area contributed by atoms with Crippen LogP contribution in [0.5, 0.6) is 23.0 Å². The summed E-state index contributed by atoms with van der Waals surface area (Å²) >= 11 is 0. The van der Waals surface area contributed by atoms with E-state index in [0.29, 0.717) is 0 Å². The Kier molecular flexibility index (Phi) is 4.29. The predicted molar refractivity (Wildman–Crippen MR) is 100 cm³/mol. The summed E-state index contributed by atoms with van der Waals surface area (Å²) in [4.78, 5) is 27.2. The number of carbonyl (C=O) groups excluding carboxylic acids is 2. The fourth-order valence-electron chi connectivity index (χ4n) is 4.49. The largest absolute Gasteiger partial charge is 0.496 e. The fourth-order valence-corrected chi connectivity index (χ4v) is 4.49. The van der Waals surface area contributed by atoms with Gasteiger partial charge >= 0.3 is 0 Å². The highest BCUT2D eigenvalue weighted by Gasteiger charge is 2.69. The van der Waals surface area contributed by atoms with Crippen molar-refractivity contribution in [1.29, 1.82) is 0 Å². The lowest BCUT2D eigenvalue weighted by Gasteiger charge is -2.28. The molecule has 2 atom stereocenters. The number of hydrogen-bond donors (Lipinski definition) is 2. The van der Waals surface area contributed by atoms with Crippen molar-refractivity contribution in [1.82, 2.24) is 0 Å². The van der Waals surface area contributed by atoms with Gasteiger partial charge in [0.1, 0.15) is 35.2 Å². The molecule has 8 heteroatoms. The lowest BCUT2D eigenvalue weighted by atomic mass is 9.75. The van der Waals surface area contributed by atoms with Crippen molar-refractivity contribution in [3.8, 4) is 23.0 Å². The summed E-state index contributed by atoms with van der Waals surface area (Å²) in [5, 5.41) is 22.5. The normalized spacial score (nSPS) is 24.5. The van der Waals surface area contributed by atoms with Crippen molar-refractivity contribution in [2.75, 3.05) is 28.4 Å². The van der Waals surface area contributed by atoms with Crippen molar-refractivity contribution in [2.45, 2.75) is 12.2 Å². The molecule has 0 saturated carbocycles. The SMILES string of the molecule is COc1ccc(OC)c2c1C(=O)C1(C(=O)c3c(OC)ccc(OC)c3C1O)C2O. The van der Waals surface area contributed by atoms with E-state index in [2.05, 4.69) is 0 Å². The molecule has 0 saturated heterocycles. The average molecular weight is 400 g/mol. The Morgan fingerprint density at radius 3 is 1.28 bits per heavy atom. The van der Waals surface area contributed by atoms with Crippen LogP contribution in [0.2, 0.25) is 0 Å². The van der Waals surface area contributed by atoms with Gasteiger partial charge in [-0.05, 0) is 24.3 Å². The molecule has 2 unspecified atom stereocenters. The Hall–Kier alpha value is -3.10. The van der Waals surface area contributed by atoms with Crippen LogP contribution in [-0.2, 0) is 0 Å². The molecule has 0 fully saturated rings. The lowest BCUT2D eigenvalue weighted by molar-refractivity contribution is -0.0228. The molecule has 0 amide bonds. The second-order valence-corrected chi connectivity index (χ2v) is 6.85. The van der Waals surface area contributed by atoms with Crippen LogP contribution in [0.15, 0.2) is 24.3 Å². The van der Waals surface area contributed by atoms with Crippen molar-refractivity contribution in [3.05, 3.63) is 46.5 Å². The number of ketones is 2. The standard InChI is InChI=1S/C21H20O8/c1-26-9-5-6-10(27-2)14-13(9)17(22)21(18(14)23)19(24)15-11(28-3)7-8-12(29-4)16(15)20(21)25/h5-8,17,19,22,24H,1-4H3. The monoisotopic (exact) mass is 400 g/mol. The molecule has 29 heavy (non-hydrogen) atoms. The number of benzene rings is 2. The van der Waals surface area contributed by atoms with Gasteiger partial charge in [-0.15, -0.1) is 0 Å². The molecular formula is C21H20O8. The van der Waals surface area contributed by atoms with E-state index in [-0.39, 0.29) is 45.3 Å². The molecule has 8 nitrogen and oxygen atoms in total. The van der Waals surface area contributed by atoms with E-state index in [0.717, 1.165) is 0 Å². The zero-order valence-electron chi connectivity index (χ0n) is 16.3. The minimum atomic E-state index is -2.19. The molecule has 2 aromatic carbocycles. The zero-order valence-corrected chi connectivity index (χ0v) is 16.3. The second kappa shape index (κ2) is 6.47. The number of fused-ring (bicyclic) bond motifs is 2. The smallest absolute Gasteiger partial charge is 0.187 e. The Morgan fingerprint density at radius 2 is 0.966 bits per heavy atom. The van der Waals surface area contributed by atoms with Gasteiger partial charge in [0.2, 0.25) is 0 Å². The minimum Gasteiger partial charge on any atom is -0.496 e. The summed E-state index contributed by atoms with van der Waals surface area (Å²) < 4.78 is 21.2. The molecule has 2 aliphatic rings. The molecule has 2 aromatic rings. The molecule has 2 N–H and O–H groups in total. The number of methoxy groups -OCH3 is 4. The summed E-state index contributed by atoms with van der Waals surface area (Å²) in [5.41, 5.74) is -1.95. The first-order valence-corrected chi connectivity index (χ1v) is 8.85. The summed E-state index contributed by atoms with van der Waals surface area (Å²) in [6.07, 6.45) is -3.31. The zero-order chi connectivity index (χ0) is 21.1. The van der Waals surface area contributed by atoms with Gasteiger partial charge < -0.3 is 29.2 Å². The first-order chi connectivity index (χ1) is 13.9. The summed E-state index contributed by atoms with van der Waals surface area (Å²) in [5.74, 6) is -0.697. The van der Waals surface area contributed by atoms with Crippen LogP contribution in [0, 0.1) is 5.41 Å². The minimum absolute atomic E-state index is 0.0116. The van der Waals surface area contributed by atoms with E-state index in [9.17, 15) is 19.8 Å². The molecule has 4 rings (SSSR count). The molecule has 152 valence electrons. The van der Waals surface area contributed by atoms with Crippen LogP contribution < -0.4 is 18.9 Å². The van der Waals surface area contributed by atoms with Crippen molar-refractivity contribution in [3.63, 3.8) is 0 Å². The predicted octanol–water partition coefficient (Wildman–Crippen LogP) is 1.87. The number of ether oxygens (including phenoxy) is 4. The Bertz CT molecular complexity index is 958. The van der Waals surface area contributed by atoms with Crippen LogP contribution >= 0.6 is 0 Å². The van der Waals surface area contributed by atoms with Gasteiger partial charge in [-0.3, -0.25) is 9.59 Å². The number of hydrogen-bond acceptors (Lipinski definition) is 8. The highest BCUT2D eigenvalue weighted by atomic mass is 16.5. The van der Waals surface area contributed by atoms with Gasteiger partial charge in [-0.1, -0.05) is 0 Å². The Morgan fingerprint density at radius 1 is 0.655 bits per heavy atom. The van der Waals surface area contributed by atoms with E-state index in [1.54, 1.807) is 0 Å². The topological polar surface area (TPSA) is 112 Å². The maximum atomic E-state index is 13.6. The van der Waals surface area contributed by atoms with Crippen LogP contribution in [0.4, 0.5) is 0 Å². The van der Waals surface area contributed by atoms with Crippen molar-refractivity contribution >= 4 is 11.6 Å². The molecule has 0 aliphatic heterocycles. The molecule has 0 bridgehead atoms. The quantitative estimate of drug-likeness (QED) is 0.748. The summed E-state index contributed by atoms with van der Waals surface area (Å²) in [6, 6.07) is 6.10. The molecule has 0 aromatic heterocycles. The van der Waals surface area contributed by atoms with Crippen molar-refractivity contribution < 1.29 is 38.7 Å². The van der Waals surface area contributed by atoms with Gasteiger partial charge in [0.25, 0.3) is 0 Å². The van der Waals surface area contributed by atoms with Crippen LogP contribution in [0.1, 0.15) is 44.1 Å². The summed E-state index contributed by atoms with van der Waals surface area (Å²) in [6.45, 7) is 0. The molecule has 2 aliphatic carbocycles. The number of aliphatic hydroxyl groups is 2. The first-order valence-electron chi connectivity index (χ1n) is 8.85. The van der Waals surface area contributed by atoms with E-state index in [1.807, 2.05) is 0 Å². The van der Waals surface area contributed by atoms with Gasteiger partial charge in [-0.2, -0.15) is 0 Å². The molecule has 0 radical (unpaired) electrons. The van der Waals surface area contributed by atoms with E-state index >= 15 is 0 Å². The molecular weight excluding hydrogens is 380 g/mol. The fraction of sp³-hybridized carbons (Fsp3) is 0.333. The number of aliphatic hydroxyl groups excluding tert-OH is 2. The number of Topliss-reactive ketones (excluding diaryl/α,β-unsaturated/α-hetero) is 2. The third-order valence-electron chi connectivity index (χ3n) is 5.83. The Balaban J connectivity index is 2.03. The van der Waals surface area contributed by atoms with E-state index < -0.39 is 29.2 Å². The van der Waals surface area contributed by atoms with E-state index in [4.69, 9.17) is 18.9 Å². The lowest BCUT2D eigenvalue weighted by Crippen LogP contribution is -2.41. The van der Waals surface area contributed by atoms with Crippen LogP contribution in [0.25, 0.3) is 0 Å². The number of carbonyl (C=O) groups is 2. The average Bonchev–Trinajstić information content (AvgIpc) is 3.13. The van der Waals surface area contributed by atoms with E-state index in [1.165, 1.54) is 52.7 Å². The first kappa shape index (κ1) is 19.2.